The van der Waals surface area contributed by atoms with Gasteiger partial charge >= 0.3 is 6.61 Å². The summed E-state index contributed by atoms with van der Waals surface area (Å²) in [5, 5.41) is 0. The van der Waals surface area contributed by atoms with Gasteiger partial charge in [-0.2, -0.15) is 8.78 Å². The van der Waals surface area contributed by atoms with Crippen LogP contribution in [0.2, 0.25) is 0 Å². The van der Waals surface area contributed by atoms with Crippen molar-refractivity contribution < 1.29 is 13.5 Å². The monoisotopic (exact) mass is 241 g/mol. The highest BCUT2D eigenvalue weighted by Crippen LogP contribution is 2.51. The number of nitrogens with two attached hydrogens (primary N) is 1. The smallest absolute Gasteiger partial charge is 0.387 e. The van der Waals surface area contributed by atoms with Crippen molar-refractivity contribution in [2.24, 2.45) is 5.73 Å². The molecule has 0 bridgehead atoms. The Kier molecular flexibility index (Phi) is 2.86. The molecule has 0 unspecified atom stereocenters. The van der Waals surface area contributed by atoms with Crippen LogP contribution < -0.4 is 10.5 Å². The van der Waals surface area contributed by atoms with Gasteiger partial charge in [0.15, 0.2) is 0 Å². The fourth-order valence-electron chi connectivity index (χ4n) is 2.21. The van der Waals surface area contributed by atoms with Crippen molar-refractivity contribution in [3.05, 3.63) is 29.8 Å². The van der Waals surface area contributed by atoms with E-state index in [1.54, 1.807) is 12.1 Å². The molecule has 0 heterocycles. The maximum absolute atomic E-state index is 12.3. The lowest BCUT2D eigenvalue weighted by Crippen LogP contribution is -2.43. The Morgan fingerprint density at radius 1 is 1.29 bits per heavy atom. The Hall–Kier alpha value is -1.16. The Labute approximate surface area is 99.8 Å². The summed E-state index contributed by atoms with van der Waals surface area (Å²) < 4.78 is 29.3. The Morgan fingerprint density at radius 2 is 1.88 bits per heavy atom. The Bertz CT molecular complexity index is 414. The van der Waals surface area contributed by atoms with E-state index in [-0.39, 0.29) is 16.7 Å². The number of rotatable bonds is 4. The van der Waals surface area contributed by atoms with Gasteiger partial charge in [-0.1, -0.05) is 32.0 Å². The van der Waals surface area contributed by atoms with E-state index in [1.165, 1.54) is 0 Å². The van der Waals surface area contributed by atoms with Crippen LogP contribution in [0.5, 0.6) is 5.75 Å². The molecule has 2 N–H and O–H groups in total. The molecule has 0 saturated heterocycles. The zero-order valence-corrected chi connectivity index (χ0v) is 10.0. The topological polar surface area (TPSA) is 35.2 Å². The average molecular weight is 241 g/mol. The second-order valence-electron chi connectivity index (χ2n) is 5.16. The van der Waals surface area contributed by atoms with E-state index in [0.717, 1.165) is 18.4 Å². The molecule has 0 aromatic heterocycles. The average Bonchev–Trinajstić information content (AvgIpc) is 2.98. The molecule has 0 aliphatic heterocycles. The predicted octanol–water partition coefficient (Wildman–Crippen LogP) is 3.06. The van der Waals surface area contributed by atoms with Crippen LogP contribution in [0.4, 0.5) is 8.78 Å². The second-order valence-corrected chi connectivity index (χ2v) is 5.16. The van der Waals surface area contributed by atoms with Gasteiger partial charge in [0.25, 0.3) is 0 Å². The molecule has 2 rings (SSSR count). The molecule has 1 aromatic rings. The number of hydrogen-bond acceptors (Lipinski definition) is 2. The molecular weight excluding hydrogens is 224 g/mol. The van der Waals surface area contributed by atoms with E-state index in [4.69, 9.17) is 5.73 Å². The van der Waals surface area contributed by atoms with Gasteiger partial charge in [0.1, 0.15) is 5.75 Å². The summed E-state index contributed by atoms with van der Waals surface area (Å²) in [6, 6.07) is 6.88. The van der Waals surface area contributed by atoms with Crippen molar-refractivity contribution in [2.45, 2.75) is 44.3 Å². The molecule has 1 saturated carbocycles. The van der Waals surface area contributed by atoms with Crippen LogP contribution >= 0.6 is 0 Å². The Balaban J connectivity index is 2.37. The second kappa shape index (κ2) is 3.95. The minimum atomic E-state index is -2.81. The normalized spacial score (nSPS) is 18.2. The van der Waals surface area contributed by atoms with Gasteiger partial charge in [0.05, 0.1) is 0 Å². The lowest BCUT2D eigenvalue weighted by atomic mass is 9.75. The van der Waals surface area contributed by atoms with E-state index in [0.29, 0.717) is 0 Å². The van der Waals surface area contributed by atoms with Crippen molar-refractivity contribution in [2.75, 3.05) is 0 Å². The van der Waals surface area contributed by atoms with Crippen LogP contribution in [-0.4, -0.2) is 12.2 Å². The summed E-state index contributed by atoms with van der Waals surface area (Å²) in [6.07, 6.45) is 1.84. The largest absolute Gasteiger partial charge is 0.435 e. The van der Waals surface area contributed by atoms with Crippen LogP contribution in [0.25, 0.3) is 0 Å². The van der Waals surface area contributed by atoms with Crippen molar-refractivity contribution in [3.63, 3.8) is 0 Å². The summed E-state index contributed by atoms with van der Waals surface area (Å²) in [6.45, 7) is 1.15. The van der Waals surface area contributed by atoms with Gasteiger partial charge in [-0.15, -0.1) is 0 Å². The minimum Gasteiger partial charge on any atom is -0.435 e. The lowest BCUT2D eigenvalue weighted by Gasteiger charge is -2.33. The molecule has 0 atom stereocenters. The summed E-state index contributed by atoms with van der Waals surface area (Å²) in [7, 11) is 0. The first-order chi connectivity index (χ1) is 7.87. The number of benzene rings is 1. The maximum atomic E-state index is 12.3. The maximum Gasteiger partial charge on any atom is 0.387 e. The van der Waals surface area contributed by atoms with Crippen LogP contribution in [0, 0.1) is 0 Å². The molecule has 4 heteroatoms. The van der Waals surface area contributed by atoms with Crippen molar-refractivity contribution in [1.29, 1.82) is 0 Å². The fourth-order valence-corrected chi connectivity index (χ4v) is 2.21. The first-order valence-electron chi connectivity index (χ1n) is 5.70. The third kappa shape index (κ3) is 2.14. The van der Waals surface area contributed by atoms with E-state index in [1.807, 2.05) is 26.0 Å². The highest BCUT2D eigenvalue weighted by atomic mass is 19.3. The van der Waals surface area contributed by atoms with Crippen LogP contribution in [0.15, 0.2) is 24.3 Å². The molecule has 94 valence electrons. The van der Waals surface area contributed by atoms with Gasteiger partial charge in [-0.05, 0) is 18.9 Å². The molecule has 0 spiro atoms. The molecule has 1 fully saturated rings. The highest BCUT2D eigenvalue weighted by molar-refractivity contribution is 5.43. The summed E-state index contributed by atoms with van der Waals surface area (Å²) >= 11 is 0. The number of para-hydroxylation sites is 1. The lowest BCUT2D eigenvalue weighted by molar-refractivity contribution is -0.0511. The third-order valence-electron chi connectivity index (χ3n) is 3.81. The fraction of sp³-hybridized carbons (Fsp3) is 0.538. The van der Waals surface area contributed by atoms with E-state index in [9.17, 15) is 8.78 Å². The SMILES string of the molecule is CC(C)(c1ccccc1OC(F)F)C1(N)CC1. The van der Waals surface area contributed by atoms with Crippen molar-refractivity contribution in [1.82, 2.24) is 0 Å². The first-order valence-corrected chi connectivity index (χ1v) is 5.70. The zero-order chi connectivity index (χ0) is 12.7. The molecular formula is C13H17F2NO. The highest BCUT2D eigenvalue weighted by Gasteiger charge is 2.52. The van der Waals surface area contributed by atoms with E-state index >= 15 is 0 Å². The number of halogens is 2. The summed E-state index contributed by atoms with van der Waals surface area (Å²) in [4.78, 5) is 0. The van der Waals surface area contributed by atoms with Gasteiger partial charge in [-0.25, -0.2) is 0 Å². The van der Waals surface area contributed by atoms with Gasteiger partial charge in [0.2, 0.25) is 0 Å². The minimum absolute atomic E-state index is 0.226. The van der Waals surface area contributed by atoms with Gasteiger partial charge in [-0.3, -0.25) is 0 Å². The summed E-state index contributed by atoms with van der Waals surface area (Å²) in [5.74, 6) is 0.226. The molecule has 2 nitrogen and oxygen atoms in total. The van der Waals surface area contributed by atoms with E-state index < -0.39 is 6.61 Å². The summed E-state index contributed by atoms with van der Waals surface area (Å²) in [5.41, 5.74) is 6.30. The zero-order valence-electron chi connectivity index (χ0n) is 10.0. The molecule has 1 aliphatic rings. The van der Waals surface area contributed by atoms with Gasteiger partial charge in [0, 0.05) is 16.5 Å². The number of alkyl halides is 2. The first kappa shape index (κ1) is 12.3. The quantitative estimate of drug-likeness (QED) is 0.879. The van der Waals surface area contributed by atoms with Crippen LogP contribution in [0.3, 0.4) is 0 Å². The van der Waals surface area contributed by atoms with Crippen molar-refractivity contribution in [3.8, 4) is 5.75 Å². The molecule has 1 aliphatic carbocycles. The Morgan fingerprint density at radius 3 is 2.41 bits per heavy atom. The standard InChI is InChI=1S/C13H17F2NO/c1-12(2,13(16)7-8-13)9-5-3-4-6-10(9)17-11(14)15/h3-6,11H,7-8,16H2,1-2H3. The molecule has 0 amide bonds. The third-order valence-corrected chi connectivity index (χ3v) is 3.81. The predicted molar refractivity (Wildman–Crippen MR) is 62.3 cm³/mol. The number of hydrogen-bond donors (Lipinski definition) is 1. The van der Waals surface area contributed by atoms with Crippen molar-refractivity contribution >= 4 is 0 Å². The van der Waals surface area contributed by atoms with Crippen LogP contribution in [0.1, 0.15) is 32.3 Å². The molecule has 17 heavy (non-hydrogen) atoms. The number of ether oxygens (including phenoxy) is 1. The van der Waals surface area contributed by atoms with Crippen LogP contribution in [-0.2, 0) is 5.41 Å². The molecule has 0 radical (unpaired) electrons. The molecule has 1 aromatic carbocycles. The van der Waals surface area contributed by atoms with E-state index in [2.05, 4.69) is 4.74 Å². The van der Waals surface area contributed by atoms with Gasteiger partial charge < -0.3 is 10.5 Å².